The van der Waals surface area contributed by atoms with E-state index in [1.54, 1.807) is 18.7 Å². The largest absolute Gasteiger partial charge is 0.369 e. The van der Waals surface area contributed by atoms with Crippen LogP contribution in [0.5, 0.6) is 0 Å². The number of nitrogens with zero attached hydrogens (tertiary/aromatic N) is 4. The van der Waals surface area contributed by atoms with E-state index in [1.165, 1.54) is 4.57 Å². The second-order valence-electron chi connectivity index (χ2n) is 5.65. The quantitative estimate of drug-likeness (QED) is 0.712. The van der Waals surface area contributed by atoms with Gasteiger partial charge in [-0.05, 0) is 12.8 Å². The molecule has 0 saturated carbocycles. The van der Waals surface area contributed by atoms with E-state index in [0.717, 1.165) is 19.4 Å². The zero-order valence-electron chi connectivity index (χ0n) is 12.5. The van der Waals surface area contributed by atoms with Crippen LogP contribution in [0.15, 0.2) is 9.59 Å². The van der Waals surface area contributed by atoms with Crippen molar-refractivity contribution in [3.63, 3.8) is 0 Å². The van der Waals surface area contributed by atoms with Crippen molar-refractivity contribution in [1.29, 1.82) is 0 Å². The van der Waals surface area contributed by atoms with E-state index in [9.17, 15) is 14.4 Å². The predicted octanol–water partition coefficient (Wildman–Crippen LogP) is -1.34. The summed E-state index contributed by atoms with van der Waals surface area (Å²) < 4.78 is 2.95. The summed E-state index contributed by atoms with van der Waals surface area (Å²) in [5, 5.41) is 0. The fourth-order valence-electron chi connectivity index (χ4n) is 2.97. The summed E-state index contributed by atoms with van der Waals surface area (Å²) in [5.41, 5.74) is 5.08. The monoisotopic (exact) mass is 306 g/mol. The fourth-order valence-corrected chi connectivity index (χ4v) is 2.97. The van der Waals surface area contributed by atoms with Crippen LogP contribution in [0.25, 0.3) is 11.2 Å². The van der Waals surface area contributed by atoms with Gasteiger partial charge in [0, 0.05) is 27.2 Å². The number of fused-ring (bicyclic) bond motifs is 1. The van der Waals surface area contributed by atoms with Gasteiger partial charge in [-0.1, -0.05) is 0 Å². The maximum Gasteiger partial charge on any atom is 0.329 e. The number of primary amides is 1. The number of hydrogen-bond acceptors (Lipinski definition) is 5. The number of nitrogens with two attached hydrogens (primary N) is 1. The Morgan fingerprint density at radius 2 is 2.05 bits per heavy atom. The number of imidazole rings is 1. The van der Waals surface area contributed by atoms with Gasteiger partial charge in [0.25, 0.3) is 5.56 Å². The van der Waals surface area contributed by atoms with Gasteiger partial charge in [0.1, 0.15) is 0 Å². The number of anilines is 1. The van der Waals surface area contributed by atoms with Crippen molar-refractivity contribution in [2.75, 3.05) is 18.0 Å². The van der Waals surface area contributed by atoms with Crippen LogP contribution in [-0.4, -0.2) is 38.1 Å². The average Bonchev–Trinajstić information content (AvgIpc) is 2.83. The van der Waals surface area contributed by atoms with Crippen molar-refractivity contribution in [1.82, 2.24) is 19.1 Å². The van der Waals surface area contributed by atoms with E-state index < -0.39 is 11.2 Å². The van der Waals surface area contributed by atoms with Gasteiger partial charge in [0.2, 0.25) is 11.9 Å². The molecule has 2 aromatic heterocycles. The summed E-state index contributed by atoms with van der Waals surface area (Å²) in [4.78, 5) is 43.7. The van der Waals surface area contributed by atoms with Crippen LogP contribution in [0.3, 0.4) is 0 Å². The van der Waals surface area contributed by atoms with Crippen LogP contribution in [-0.2, 0) is 18.9 Å². The Hall–Kier alpha value is -2.58. The molecule has 3 N–H and O–H groups in total. The van der Waals surface area contributed by atoms with Crippen molar-refractivity contribution in [2.45, 2.75) is 12.8 Å². The van der Waals surface area contributed by atoms with Gasteiger partial charge in [-0.2, -0.15) is 4.98 Å². The SMILES string of the molecule is Cn1c(N2CCC[C@@H](C(N)=O)C2)nc2c1c(=O)[nH]c(=O)n2C. The number of rotatable bonds is 2. The Morgan fingerprint density at radius 1 is 1.32 bits per heavy atom. The molecular formula is C13H18N6O3. The van der Waals surface area contributed by atoms with Crippen LogP contribution in [0.2, 0.25) is 0 Å². The zero-order valence-corrected chi connectivity index (χ0v) is 12.5. The maximum atomic E-state index is 12.0. The Labute approximate surface area is 125 Å². The van der Waals surface area contributed by atoms with Gasteiger partial charge in [-0.25, -0.2) is 4.79 Å². The smallest absolute Gasteiger partial charge is 0.329 e. The summed E-state index contributed by atoms with van der Waals surface area (Å²) in [6.45, 7) is 1.20. The fraction of sp³-hybridized carbons (Fsp3) is 0.538. The van der Waals surface area contributed by atoms with E-state index in [-0.39, 0.29) is 11.8 Å². The molecule has 1 saturated heterocycles. The summed E-state index contributed by atoms with van der Waals surface area (Å²) in [7, 11) is 3.28. The molecule has 9 nitrogen and oxygen atoms in total. The molecule has 0 bridgehead atoms. The second-order valence-corrected chi connectivity index (χ2v) is 5.65. The van der Waals surface area contributed by atoms with Crippen molar-refractivity contribution < 1.29 is 4.79 Å². The lowest BCUT2D eigenvalue weighted by molar-refractivity contribution is -0.122. The van der Waals surface area contributed by atoms with Gasteiger partial charge >= 0.3 is 5.69 Å². The predicted molar refractivity (Wildman–Crippen MR) is 80.7 cm³/mol. The molecule has 9 heteroatoms. The van der Waals surface area contributed by atoms with Crippen molar-refractivity contribution in [3.05, 3.63) is 20.8 Å². The van der Waals surface area contributed by atoms with Crippen molar-refractivity contribution in [3.8, 4) is 0 Å². The number of carbonyl (C=O) groups is 1. The Bertz CT molecular complexity index is 861. The Morgan fingerprint density at radius 3 is 2.73 bits per heavy atom. The molecule has 0 aliphatic carbocycles. The van der Waals surface area contributed by atoms with Gasteiger partial charge < -0.3 is 15.2 Å². The molecule has 3 rings (SSSR count). The highest BCUT2D eigenvalue weighted by molar-refractivity contribution is 5.78. The van der Waals surface area contributed by atoms with Gasteiger partial charge in [0.15, 0.2) is 11.2 Å². The molecule has 118 valence electrons. The number of carbonyl (C=O) groups excluding carboxylic acids is 1. The lowest BCUT2D eigenvalue weighted by Crippen LogP contribution is -2.42. The average molecular weight is 306 g/mol. The standard InChI is InChI=1S/C13H18N6O3/c1-17-8-10(18(2)13(22)16-11(8)21)15-12(17)19-5-3-4-7(6-19)9(14)20/h7H,3-6H2,1-2H3,(H2,14,20)(H,16,21,22)/t7-/m1/s1. The van der Waals surface area contributed by atoms with Gasteiger partial charge in [-0.15, -0.1) is 0 Å². The third-order valence-corrected chi connectivity index (χ3v) is 4.22. The first-order valence-corrected chi connectivity index (χ1v) is 7.10. The van der Waals surface area contributed by atoms with Crippen molar-refractivity contribution in [2.24, 2.45) is 25.7 Å². The van der Waals surface area contributed by atoms with Gasteiger partial charge in [0.05, 0.1) is 5.92 Å². The normalized spacial score (nSPS) is 18.8. The molecule has 3 heterocycles. The molecular weight excluding hydrogens is 288 g/mol. The Balaban J connectivity index is 2.12. The zero-order chi connectivity index (χ0) is 16.0. The molecule has 0 unspecified atom stereocenters. The summed E-state index contributed by atoms with van der Waals surface area (Å²) in [6.07, 6.45) is 1.58. The third-order valence-electron chi connectivity index (χ3n) is 4.22. The van der Waals surface area contributed by atoms with Crippen LogP contribution >= 0.6 is 0 Å². The number of hydrogen-bond donors (Lipinski definition) is 2. The third kappa shape index (κ3) is 2.09. The summed E-state index contributed by atoms with van der Waals surface area (Å²) in [5.74, 6) is 0.0111. The van der Waals surface area contributed by atoms with E-state index in [1.807, 2.05) is 4.90 Å². The lowest BCUT2D eigenvalue weighted by atomic mass is 9.98. The maximum absolute atomic E-state index is 12.0. The minimum Gasteiger partial charge on any atom is -0.369 e. The second kappa shape index (κ2) is 5.00. The topological polar surface area (TPSA) is 119 Å². The number of amides is 1. The van der Waals surface area contributed by atoms with E-state index in [4.69, 9.17) is 5.73 Å². The highest BCUT2D eigenvalue weighted by Crippen LogP contribution is 2.24. The number of aromatic amines is 1. The van der Waals surface area contributed by atoms with Gasteiger partial charge in [-0.3, -0.25) is 19.1 Å². The van der Waals surface area contributed by atoms with Crippen LogP contribution in [0.1, 0.15) is 12.8 Å². The molecule has 1 atom stereocenters. The number of nitrogens with one attached hydrogen (secondary N) is 1. The molecule has 0 aromatic carbocycles. The molecule has 0 radical (unpaired) electrons. The summed E-state index contributed by atoms with van der Waals surface area (Å²) >= 11 is 0. The highest BCUT2D eigenvalue weighted by Gasteiger charge is 2.27. The summed E-state index contributed by atoms with van der Waals surface area (Å²) in [6, 6.07) is 0. The first kappa shape index (κ1) is 14.4. The minimum absolute atomic E-state index is 0.226. The lowest BCUT2D eigenvalue weighted by Gasteiger charge is -2.31. The van der Waals surface area contributed by atoms with Crippen LogP contribution in [0, 0.1) is 5.92 Å². The minimum atomic E-state index is -0.504. The number of aromatic nitrogens is 4. The molecule has 0 spiro atoms. The molecule has 1 fully saturated rings. The molecule has 1 amide bonds. The first-order valence-electron chi connectivity index (χ1n) is 7.10. The molecule has 1 aliphatic heterocycles. The number of aryl methyl sites for hydroxylation is 2. The molecule has 22 heavy (non-hydrogen) atoms. The van der Waals surface area contributed by atoms with Crippen molar-refractivity contribution >= 4 is 23.0 Å². The number of H-pyrrole nitrogens is 1. The molecule has 2 aromatic rings. The van der Waals surface area contributed by atoms with E-state index in [2.05, 4.69) is 9.97 Å². The van der Waals surface area contributed by atoms with E-state index >= 15 is 0 Å². The van der Waals surface area contributed by atoms with E-state index in [0.29, 0.717) is 23.7 Å². The highest BCUT2D eigenvalue weighted by atomic mass is 16.2. The Kier molecular flexibility index (Phi) is 3.27. The first-order chi connectivity index (χ1) is 10.4. The molecule has 1 aliphatic rings. The van der Waals surface area contributed by atoms with Crippen LogP contribution in [0.4, 0.5) is 5.95 Å². The van der Waals surface area contributed by atoms with Crippen LogP contribution < -0.4 is 21.9 Å². The number of piperidine rings is 1.